The van der Waals surface area contributed by atoms with Crippen LogP contribution in [0, 0.1) is 0 Å². The first-order valence-electron chi connectivity index (χ1n) is 7.86. The van der Waals surface area contributed by atoms with Gasteiger partial charge in [-0.05, 0) is 63.3 Å². The SMILES string of the molecule is CC(C)(C)OC(=O)NC1CC1NC1CCc2cc(Br)ccc21. The molecule has 0 saturated heterocycles. The molecule has 0 bridgehead atoms. The van der Waals surface area contributed by atoms with Gasteiger partial charge in [0.25, 0.3) is 0 Å². The quantitative estimate of drug-likeness (QED) is 0.857. The minimum atomic E-state index is -0.445. The van der Waals surface area contributed by atoms with E-state index in [1.165, 1.54) is 11.1 Å². The van der Waals surface area contributed by atoms with E-state index < -0.39 is 5.60 Å². The van der Waals surface area contributed by atoms with Crippen LogP contribution in [0.25, 0.3) is 0 Å². The highest BCUT2D eigenvalue weighted by Crippen LogP contribution is 2.35. The molecule has 1 saturated carbocycles. The van der Waals surface area contributed by atoms with Crippen LogP contribution in [-0.2, 0) is 11.2 Å². The van der Waals surface area contributed by atoms with Gasteiger partial charge >= 0.3 is 6.09 Å². The van der Waals surface area contributed by atoms with E-state index in [2.05, 4.69) is 44.8 Å². The Balaban J connectivity index is 1.50. The van der Waals surface area contributed by atoms with Gasteiger partial charge in [0.2, 0.25) is 0 Å². The number of ether oxygens (including phenoxy) is 1. The summed E-state index contributed by atoms with van der Waals surface area (Å²) in [6.07, 6.45) is 2.89. The molecule has 4 nitrogen and oxygen atoms in total. The van der Waals surface area contributed by atoms with Crippen LogP contribution in [0.3, 0.4) is 0 Å². The largest absolute Gasteiger partial charge is 0.444 e. The van der Waals surface area contributed by atoms with E-state index in [9.17, 15) is 4.79 Å². The number of carbonyl (C=O) groups excluding carboxylic acids is 1. The average molecular weight is 367 g/mol. The van der Waals surface area contributed by atoms with E-state index >= 15 is 0 Å². The number of halogens is 1. The van der Waals surface area contributed by atoms with E-state index in [0.29, 0.717) is 12.1 Å². The number of amides is 1. The van der Waals surface area contributed by atoms with Crippen molar-refractivity contribution < 1.29 is 9.53 Å². The number of alkyl carbamates (subject to hydrolysis) is 1. The van der Waals surface area contributed by atoms with Crippen LogP contribution in [0.5, 0.6) is 0 Å². The molecule has 3 atom stereocenters. The van der Waals surface area contributed by atoms with Gasteiger partial charge in [-0.25, -0.2) is 4.79 Å². The fraction of sp³-hybridized carbons (Fsp3) is 0.588. The zero-order chi connectivity index (χ0) is 15.9. The molecule has 120 valence electrons. The lowest BCUT2D eigenvalue weighted by Crippen LogP contribution is -2.37. The smallest absolute Gasteiger partial charge is 0.407 e. The first-order chi connectivity index (χ1) is 10.3. The number of hydrogen-bond acceptors (Lipinski definition) is 3. The molecule has 0 aliphatic heterocycles. The lowest BCUT2D eigenvalue weighted by atomic mass is 10.1. The number of carbonyl (C=O) groups is 1. The summed E-state index contributed by atoms with van der Waals surface area (Å²) in [5, 5.41) is 6.60. The monoisotopic (exact) mass is 366 g/mol. The summed E-state index contributed by atoms with van der Waals surface area (Å²) in [4.78, 5) is 11.8. The van der Waals surface area contributed by atoms with Crippen molar-refractivity contribution in [2.45, 2.75) is 63.8 Å². The molecule has 0 aromatic heterocycles. The second-order valence-electron chi connectivity index (χ2n) is 7.20. The van der Waals surface area contributed by atoms with E-state index in [-0.39, 0.29) is 12.1 Å². The maximum absolute atomic E-state index is 11.8. The highest BCUT2D eigenvalue weighted by atomic mass is 79.9. The van der Waals surface area contributed by atoms with Crippen LogP contribution >= 0.6 is 15.9 Å². The minimum absolute atomic E-state index is 0.189. The topological polar surface area (TPSA) is 50.4 Å². The summed E-state index contributed by atoms with van der Waals surface area (Å²) in [7, 11) is 0. The summed E-state index contributed by atoms with van der Waals surface area (Å²) in [5.74, 6) is 0. The Morgan fingerprint density at radius 2 is 2.09 bits per heavy atom. The standard InChI is InChI=1S/C17H23BrN2O2/c1-17(2,3)22-16(21)20-15-9-14(15)19-13-7-4-10-8-11(18)5-6-12(10)13/h5-6,8,13-15,19H,4,7,9H2,1-3H3,(H,20,21). The summed E-state index contributed by atoms with van der Waals surface area (Å²) in [6, 6.07) is 7.45. The molecule has 3 unspecified atom stereocenters. The summed E-state index contributed by atoms with van der Waals surface area (Å²) < 4.78 is 6.43. The van der Waals surface area contributed by atoms with E-state index in [4.69, 9.17) is 4.74 Å². The number of benzene rings is 1. The number of rotatable bonds is 3. The normalized spacial score (nSPS) is 26.5. The van der Waals surface area contributed by atoms with Gasteiger partial charge < -0.3 is 15.4 Å². The molecule has 0 heterocycles. The van der Waals surface area contributed by atoms with Crippen molar-refractivity contribution in [3.05, 3.63) is 33.8 Å². The molecule has 1 fully saturated rings. The Labute approximate surface area is 140 Å². The van der Waals surface area contributed by atoms with Crippen molar-refractivity contribution in [1.29, 1.82) is 0 Å². The molecule has 1 amide bonds. The molecule has 1 aromatic rings. The Bertz CT molecular complexity index is 583. The fourth-order valence-corrected chi connectivity index (χ4v) is 3.42. The van der Waals surface area contributed by atoms with Crippen LogP contribution in [0.4, 0.5) is 4.79 Å². The van der Waals surface area contributed by atoms with Gasteiger partial charge in [-0.2, -0.15) is 0 Å². The predicted molar refractivity (Wildman–Crippen MR) is 89.9 cm³/mol. The lowest BCUT2D eigenvalue weighted by Gasteiger charge is -2.20. The van der Waals surface area contributed by atoms with Crippen LogP contribution in [0.2, 0.25) is 0 Å². The molecule has 2 aliphatic rings. The molecule has 2 aliphatic carbocycles. The number of nitrogens with one attached hydrogen (secondary N) is 2. The maximum Gasteiger partial charge on any atom is 0.407 e. The highest BCUT2D eigenvalue weighted by Gasteiger charge is 2.41. The van der Waals surface area contributed by atoms with Crippen molar-refractivity contribution in [1.82, 2.24) is 10.6 Å². The highest BCUT2D eigenvalue weighted by molar-refractivity contribution is 9.10. The van der Waals surface area contributed by atoms with E-state index in [1.54, 1.807) is 0 Å². The summed E-state index contributed by atoms with van der Waals surface area (Å²) in [6.45, 7) is 5.63. The van der Waals surface area contributed by atoms with Crippen LogP contribution in [0.15, 0.2) is 22.7 Å². The lowest BCUT2D eigenvalue weighted by molar-refractivity contribution is 0.0522. The Morgan fingerprint density at radius 1 is 1.32 bits per heavy atom. The van der Waals surface area contributed by atoms with E-state index in [1.807, 2.05) is 20.8 Å². The second kappa shape index (κ2) is 5.85. The summed E-state index contributed by atoms with van der Waals surface area (Å²) >= 11 is 3.53. The molecular weight excluding hydrogens is 344 g/mol. The van der Waals surface area contributed by atoms with E-state index in [0.717, 1.165) is 23.7 Å². The molecule has 22 heavy (non-hydrogen) atoms. The van der Waals surface area contributed by atoms with Crippen molar-refractivity contribution in [2.24, 2.45) is 0 Å². The summed E-state index contributed by atoms with van der Waals surface area (Å²) in [5.41, 5.74) is 2.37. The maximum atomic E-state index is 11.8. The Kier molecular flexibility index (Phi) is 4.21. The minimum Gasteiger partial charge on any atom is -0.444 e. The van der Waals surface area contributed by atoms with Crippen LogP contribution < -0.4 is 10.6 Å². The van der Waals surface area contributed by atoms with Gasteiger partial charge in [-0.3, -0.25) is 0 Å². The van der Waals surface area contributed by atoms with Crippen molar-refractivity contribution >= 4 is 22.0 Å². The molecule has 3 rings (SSSR count). The third kappa shape index (κ3) is 3.82. The molecule has 2 N–H and O–H groups in total. The number of hydrogen-bond donors (Lipinski definition) is 2. The van der Waals surface area contributed by atoms with Gasteiger partial charge in [0.05, 0.1) is 0 Å². The van der Waals surface area contributed by atoms with Gasteiger partial charge in [0.1, 0.15) is 5.60 Å². The van der Waals surface area contributed by atoms with Crippen LogP contribution in [0.1, 0.15) is 50.8 Å². The van der Waals surface area contributed by atoms with Gasteiger partial charge in [-0.1, -0.05) is 22.0 Å². The first-order valence-corrected chi connectivity index (χ1v) is 8.65. The molecule has 1 aromatic carbocycles. The Morgan fingerprint density at radius 3 is 2.82 bits per heavy atom. The van der Waals surface area contributed by atoms with Gasteiger partial charge in [-0.15, -0.1) is 0 Å². The molecule has 0 spiro atoms. The zero-order valence-corrected chi connectivity index (χ0v) is 14.9. The van der Waals surface area contributed by atoms with Crippen molar-refractivity contribution in [3.8, 4) is 0 Å². The molecule has 0 radical (unpaired) electrons. The van der Waals surface area contributed by atoms with Crippen molar-refractivity contribution in [3.63, 3.8) is 0 Å². The number of fused-ring (bicyclic) bond motifs is 1. The molecular formula is C17H23BrN2O2. The Hall–Kier alpha value is -1.07. The fourth-order valence-electron chi connectivity index (χ4n) is 3.02. The molecule has 5 heteroatoms. The third-order valence-corrected chi connectivity index (χ3v) is 4.58. The van der Waals surface area contributed by atoms with Gasteiger partial charge in [0.15, 0.2) is 0 Å². The predicted octanol–water partition coefficient (Wildman–Crippen LogP) is 3.69. The van der Waals surface area contributed by atoms with Crippen molar-refractivity contribution in [2.75, 3.05) is 0 Å². The van der Waals surface area contributed by atoms with Crippen LogP contribution in [-0.4, -0.2) is 23.8 Å². The number of aryl methyl sites for hydroxylation is 1. The third-order valence-electron chi connectivity index (χ3n) is 4.09. The first kappa shape index (κ1) is 15.8. The average Bonchev–Trinajstić information content (AvgIpc) is 2.96. The zero-order valence-electron chi connectivity index (χ0n) is 13.3. The second-order valence-corrected chi connectivity index (χ2v) is 8.11. The van der Waals surface area contributed by atoms with Gasteiger partial charge in [0, 0.05) is 22.6 Å².